The van der Waals surface area contributed by atoms with Crippen molar-refractivity contribution < 1.29 is 24.5 Å². The maximum absolute atomic E-state index is 12.2. The lowest BCUT2D eigenvalue weighted by Gasteiger charge is -2.35. The Kier molecular flexibility index (Phi) is 5.58. The largest absolute Gasteiger partial charge is 0.504 e. The summed E-state index contributed by atoms with van der Waals surface area (Å²) in [5.74, 6) is -1.11. The smallest absolute Gasteiger partial charge is 0.305 e. The van der Waals surface area contributed by atoms with Gasteiger partial charge in [0.25, 0.3) is 5.91 Å². The maximum Gasteiger partial charge on any atom is 0.305 e. The van der Waals surface area contributed by atoms with Crippen molar-refractivity contribution in [3.05, 3.63) is 24.3 Å². The minimum atomic E-state index is -0.960. The molecule has 6 nitrogen and oxygen atoms in total. The van der Waals surface area contributed by atoms with Gasteiger partial charge in [0.1, 0.15) is 0 Å². The van der Waals surface area contributed by atoms with Gasteiger partial charge in [0.2, 0.25) is 0 Å². The topological polar surface area (TPSA) is 87.1 Å². The van der Waals surface area contributed by atoms with Crippen molar-refractivity contribution in [2.24, 2.45) is 0 Å². The monoisotopic (exact) mass is 295 g/mol. The summed E-state index contributed by atoms with van der Waals surface area (Å²) in [4.78, 5) is 24.3. The Bertz CT molecular complexity index is 507. The molecule has 0 saturated heterocycles. The number of aliphatic carboxylic acids is 1. The highest BCUT2D eigenvalue weighted by molar-refractivity contribution is 5.79. The van der Waals surface area contributed by atoms with Crippen molar-refractivity contribution >= 4 is 11.9 Å². The van der Waals surface area contributed by atoms with E-state index in [2.05, 4.69) is 0 Å². The van der Waals surface area contributed by atoms with E-state index in [1.165, 1.54) is 11.0 Å². The molecule has 0 spiro atoms. The Morgan fingerprint density at radius 3 is 2.38 bits per heavy atom. The number of para-hydroxylation sites is 2. The fourth-order valence-electron chi connectivity index (χ4n) is 1.84. The molecule has 0 bridgehead atoms. The molecule has 0 aromatic heterocycles. The molecule has 0 atom stereocenters. The molecule has 0 saturated carbocycles. The number of hydrogen-bond donors (Lipinski definition) is 2. The molecule has 0 radical (unpaired) electrons. The molecule has 0 heterocycles. The predicted octanol–water partition coefficient (Wildman–Crippen LogP) is 1.87. The molecule has 1 rings (SSSR count). The first kappa shape index (κ1) is 16.8. The number of rotatable bonds is 6. The molecule has 0 aliphatic carbocycles. The second kappa shape index (κ2) is 6.97. The average molecular weight is 295 g/mol. The first-order chi connectivity index (χ1) is 9.71. The summed E-state index contributed by atoms with van der Waals surface area (Å²) in [7, 11) is 0. The van der Waals surface area contributed by atoms with Gasteiger partial charge in [0, 0.05) is 12.1 Å². The second-order valence-corrected chi connectivity index (χ2v) is 5.62. The van der Waals surface area contributed by atoms with Crippen molar-refractivity contribution in [3.63, 3.8) is 0 Å². The zero-order chi connectivity index (χ0) is 16.0. The quantitative estimate of drug-likeness (QED) is 0.836. The molecule has 21 heavy (non-hydrogen) atoms. The number of phenols is 1. The van der Waals surface area contributed by atoms with Crippen LogP contribution in [0.15, 0.2) is 24.3 Å². The van der Waals surface area contributed by atoms with Gasteiger partial charge in [-0.15, -0.1) is 0 Å². The fourth-order valence-corrected chi connectivity index (χ4v) is 1.84. The zero-order valence-electron chi connectivity index (χ0n) is 12.5. The fraction of sp³-hybridized carbons (Fsp3) is 0.467. The average Bonchev–Trinajstić information content (AvgIpc) is 2.36. The van der Waals surface area contributed by atoms with E-state index in [0.29, 0.717) is 0 Å². The summed E-state index contributed by atoms with van der Waals surface area (Å²) in [6.45, 7) is 5.34. The first-order valence-corrected chi connectivity index (χ1v) is 6.65. The lowest BCUT2D eigenvalue weighted by Crippen LogP contribution is -2.48. The Morgan fingerprint density at radius 2 is 1.86 bits per heavy atom. The number of phenolic OH excluding ortho intramolecular Hbond substituents is 1. The van der Waals surface area contributed by atoms with E-state index < -0.39 is 11.5 Å². The van der Waals surface area contributed by atoms with Crippen LogP contribution in [-0.2, 0) is 9.59 Å². The second-order valence-electron chi connectivity index (χ2n) is 5.62. The van der Waals surface area contributed by atoms with Crippen LogP contribution in [0, 0.1) is 0 Å². The van der Waals surface area contributed by atoms with E-state index in [-0.39, 0.29) is 37.0 Å². The number of carbonyl (C=O) groups excluding carboxylic acids is 1. The molecule has 1 aromatic rings. The van der Waals surface area contributed by atoms with Crippen LogP contribution < -0.4 is 4.74 Å². The van der Waals surface area contributed by atoms with E-state index in [1.807, 2.05) is 20.8 Å². The summed E-state index contributed by atoms with van der Waals surface area (Å²) < 4.78 is 5.29. The normalized spacial score (nSPS) is 11.0. The van der Waals surface area contributed by atoms with Crippen LogP contribution in [-0.4, -0.2) is 45.7 Å². The van der Waals surface area contributed by atoms with Crippen LogP contribution in [0.4, 0.5) is 0 Å². The third-order valence-electron chi connectivity index (χ3n) is 2.88. The Labute approximate surface area is 124 Å². The highest BCUT2D eigenvalue weighted by Gasteiger charge is 2.27. The highest BCUT2D eigenvalue weighted by atomic mass is 16.5. The first-order valence-electron chi connectivity index (χ1n) is 6.65. The van der Waals surface area contributed by atoms with E-state index in [9.17, 15) is 14.7 Å². The number of aromatic hydroxyl groups is 1. The van der Waals surface area contributed by atoms with Crippen LogP contribution >= 0.6 is 0 Å². The van der Waals surface area contributed by atoms with E-state index in [1.54, 1.807) is 18.2 Å². The van der Waals surface area contributed by atoms with Gasteiger partial charge in [-0.1, -0.05) is 12.1 Å². The third-order valence-corrected chi connectivity index (χ3v) is 2.88. The number of nitrogens with zero attached hydrogens (tertiary/aromatic N) is 1. The number of amides is 1. The van der Waals surface area contributed by atoms with Gasteiger partial charge in [-0.05, 0) is 32.9 Å². The van der Waals surface area contributed by atoms with Gasteiger partial charge in [0.05, 0.1) is 6.42 Å². The predicted molar refractivity (Wildman–Crippen MR) is 77.3 cm³/mol. The number of hydrogen-bond acceptors (Lipinski definition) is 4. The van der Waals surface area contributed by atoms with E-state index in [4.69, 9.17) is 9.84 Å². The molecular formula is C15H21NO5. The molecular weight excluding hydrogens is 274 g/mol. The van der Waals surface area contributed by atoms with Crippen molar-refractivity contribution in [2.45, 2.75) is 32.7 Å². The molecule has 1 amide bonds. The molecule has 0 fully saturated rings. The summed E-state index contributed by atoms with van der Waals surface area (Å²) in [6, 6.07) is 6.36. The summed E-state index contributed by atoms with van der Waals surface area (Å²) in [6.07, 6.45) is -0.125. The summed E-state index contributed by atoms with van der Waals surface area (Å²) in [5, 5.41) is 18.3. The lowest BCUT2D eigenvalue weighted by molar-refractivity contribution is -0.141. The number of carboxylic acid groups (broad SMARTS) is 1. The van der Waals surface area contributed by atoms with Gasteiger partial charge < -0.3 is 19.8 Å². The van der Waals surface area contributed by atoms with Crippen molar-refractivity contribution in [2.75, 3.05) is 13.2 Å². The molecule has 116 valence electrons. The van der Waals surface area contributed by atoms with Gasteiger partial charge in [0.15, 0.2) is 18.1 Å². The van der Waals surface area contributed by atoms with Crippen LogP contribution in [0.3, 0.4) is 0 Å². The standard InChI is InChI=1S/C15H21NO5/c1-15(2,3)16(9-8-14(19)20)13(18)10-21-12-7-5-4-6-11(12)17/h4-7,17H,8-10H2,1-3H3,(H,19,20). The minimum Gasteiger partial charge on any atom is -0.504 e. The minimum absolute atomic E-state index is 0.0434. The molecule has 2 N–H and O–H groups in total. The third kappa shape index (κ3) is 5.33. The lowest BCUT2D eigenvalue weighted by atomic mass is 10.1. The Balaban J connectivity index is 2.69. The van der Waals surface area contributed by atoms with E-state index in [0.717, 1.165) is 0 Å². The number of carbonyl (C=O) groups is 2. The van der Waals surface area contributed by atoms with Crippen molar-refractivity contribution in [1.29, 1.82) is 0 Å². The Morgan fingerprint density at radius 1 is 1.24 bits per heavy atom. The van der Waals surface area contributed by atoms with Gasteiger partial charge >= 0.3 is 5.97 Å². The Hall–Kier alpha value is -2.24. The zero-order valence-corrected chi connectivity index (χ0v) is 12.5. The van der Waals surface area contributed by atoms with Crippen LogP contribution in [0.1, 0.15) is 27.2 Å². The van der Waals surface area contributed by atoms with Gasteiger partial charge in [-0.25, -0.2) is 0 Å². The van der Waals surface area contributed by atoms with E-state index >= 15 is 0 Å². The van der Waals surface area contributed by atoms with Crippen molar-refractivity contribution in [3.8, 4) is 11.5 Å². The SMILES string of the molecule is CC(C)(C)N(CCC(=O)O)C(=O)COc1ccccc1O. The molecule has 0 aliphatic heterocycles. The summed E-state index contributed by atoms with van der Waals surface area (Å²) >= 11 is 0. The maximum atomic E-state index is 12.2. The number of benzene rings is 1. The highest BCUT2D eigenvalue weighted by Crippen LogP contribution is 2.24. The summed E-state index contributed by atoms with van der Waals surface area (Å²) in [5.41, 5.74) is -0.505. The van der Waals surface area contributed by atoms with Gasteiger partial charge in [-0.3, -0.25) is 9.59 Å². The van der Waals surface area contributed by atoms with Crippen molar-refractivity contribution in [1.82, 2.24) is 4.90 Å². The van der Waals surface area contributed by atoms with Crippen LogP contribution in [0.5, 0.6) is 11.5 Å². The molecule has 0 aliphatic rings. The van der Waals surface area contributed by atoms with Crippen LogP contribution in [0.25, 0.3) is 0 Å². The molecule has 6 heteroatoms. The van der Waals surface area contributed by atoms with Crippen LogP contribution in [0.2, 0.25) is 0 Å². The van der Waals surface area contributed by atoms with Gasteiger partial charge in [-0.2, -0.15) is 0 Å². The number of carboxylic acids is 1. The molecule has 1 aromatic carbocycles. The number of ether oxygens (including phenoxy) is 1. The molecule has 0 unspecified atom stereocenters.